The summed E-state index contributed by atoms with van der Waals surface area (Å²) in [6.07, 6.45) is 0. The summed E-state index contributed by atoms with van der Waals surface area (Å²) in [5.74, 6) is 0.649. The Hall–Kier alpha value is -2.91. The summed E-state index contributed by atoms with van der Waals surface area (Å²) < 4.78 is 2.10. The van der Waals surface area contributed by atoms with Crippen molar-refractivity contribution in [2.24, 2.45) is 0 Å². The summed E-state index contributed by atoms with van der Waals surface area (Å²) >= 11 is 0. The third kappa shape index (κ3) is 2.52. The zero-order valence-corrected chi connectivity index (χ0v) is 15.1. The maximum atomic E-state index is 12.0. The maximum Gasteiger partial charge on any atom is 0.173 e. The Bertz CT molecular complexity index is 1030. The smallest absolute Gasteiger partial charge is 0.173 e. The maximum absolute atomic E-state index is 12.0. The van der Waals surface area contributed by atoms with Crippen molar-refractivity contribution < 1.29 is 5.11 Å². The normalized spacial score (nSPS) is 13.7. The number of hydrogen-bond acceptors (Lipinski definition) is 2. The van der Waals surface area contributed by atoms with Crippen LogP contribution < -0.4 is 0 Å². The van der Waals surface area contributed by atoms with Gasteiger partial charge in [0.15, 0.2) is 11.4 Å². The van der Waals surface area contributed by atoms with Crippen molar-refractivity contribution >= 4 is 11.0 Å². The predicted molar refractivity (Wildman–Crippen MR) is 105 cm³/mol. The molecule has 1 heterocycles. The first-order valence-electron chi connectivity index (χ1n) is 8.95. The van der Waals surface area contributed by atoms with Crippen molar-refractivity contribution in [1.82, 2.24) is 9.55 Å². The first-order valence-corrected chi connectivity index (χ1v) is 8.95. The molecule has 1 aromatic heterocycles. The second-order valence-electron chi connectivity index (χ2n) is 6.61. The van der Waals surface area contributed by atoms with Crippen LogP contribution in [0.2, 0.25) is 0 Å². The van der Waals surface area contributed by atoms with Gasteiger partial charge >= 0.3 is 0 Å². The van der Waals surface area contributed by atoms with Crippen molar-refractivity contribution in [3.63, 3.8) is 0 Å². The number of aliphatic hydroxyl groups is 1. The fraction of sp³-hybridized carbons (Fsp3) is 0.174. The van der Waals surface area contributed by atoms with Gasteiger partial charge in [-0.1, -0.05) is 72.3 Å². The molecule has 0 aliphatic carbocycles. The summed E-state index contributed by atoms with van der Waals surface area (Å²) in [6.45, 7) is 4.86. The standard InChI is InChI=1S/C23H22N2O/c1-3-25-21-12-8-7-11-20(21)24-22(25)23(26,18-9-5-4-6-10-18)19-15-13-17(2)14-16-19/h4-16,26H,3H2,1-2H3/t23-/m0/s1. The van der Waals surface area contributed by atoms with E-state index < -0.39 is 5.60 Å². The van der Waals surface area contributed by atoms with E-state index in [4.69, 9.17) is 4.98 Å². The van der Waals surface area contributed by atoms with E-state index in [0.717, 1.165) is 34.3 Å². The van der Waals surface area contributed by atoms with Crippen LogP contribution in [0.25, 0.3) is 11.0 Å². The largest absolute Gasteiger partial charge is 0.373 e. The lowest BCUT2D eigenvalue weighted by molar-refractivity contribution is 0.112. The first-order chi connectivity index (χ1) is 12.6. The average molecular weight is 342 g/mol. The molecule has 0 saturated heterocycles. The summed E-state index contributed by atoms with van der Waals surface area (Å²) in [4.78, 5) is 4.84. The lowest BCUT2D eigenvalue weighted by atomic mass is 9.85. The molecule has 0 radical (unpaired) electrons. The molecule has 1 N–H and O–H groups in total. The molecule has 0 amide bonds. The highest BCUT2D eigenvalue weighted by Gasteiger charge is 2.38. The van der Waals surface area contributed by atoms with E-state index in [9.17, 15) is 5.11 Å². The highest BCUT2D eigenvalue weighted by molar-refractivity contribution is 5.76. The van der Waals surface area contributed by atoms with E-state index in [1.54, 1.807) is 0 Å². The minimum absolute atomic E-state index is 0.649. The van der Waals surface area contributed by atoms with Gasteiger partial charge in [0.05, 0.1) is 11.0 Å². The fourth-order valence-corrected chi connectivity index (χ4v) is 3.57. The van der Waals surface area contributed by atoms with Crippen LogP contribution in [0.5, 0.6) is 0 Å². The van der Waals surface area contributed by atoms with Crippen molar-refractivity contribution in [3.8, 4) is 0 Å². The lowest BCUT2D eigenvalue weighted by Gasteiger charge is -2.29. The Morgan fingerprint density at radius 1 is 0.846 bits per heavy atom. The molecule has 0 aliphatic heterocycles. The molecule has 4 aromatic rings. The van der Waals surface area contributed by atoms with Crippen LogP contribution in [0.4, 0.5) is 0 Å². The molecule has 3 heteroatoms. The van der Waals surface area contributed by atoms with Crippen LogP contribution in [0, 0.1) is 6.92 Å². The summed E-state index contributed by atoms with van der Waals surface area (Å²) in [7, 11) is 0. The molecule has 130 valence electrons. The Labute approximate surface area is 153 Å². The van der Waals surface area contributed by atoms with Crippen molar-refractivity contribution in [2.45, 2.75) is 26.0 Å². The predicted octanol–water partition coefficient (Wildman–Crippen LogP) is 4.65. The topological polar surface area (TPSA) is 38.0 Å². The summed E-state index contributed by atoms with van der Waals surface area (Å²) in [6, 6.07) is 25.8. The van der Waals surface area contributed by atoms with Gasteiger partial charge in [0.25, 0.3) is 0 Å². The van der Waals surface area contributed by atoms with E-state index in [1.807, 2.05) is 79.7 Å². The van der Waals surface area contributed by atoms with Crippen molar-refractivity contribution in [2.75, 3.05) is 0 Å². The monoisotopic (exact) mass is 342 g/mol. The summed E-state index contributed by atoms with van der Waals surface area (Å²) in [5.41, 5.74) is 3.41. The van der Waals surface area contributed by atoms with E-state index >= 15 is 0 Å². The van der Waals surface area contributed by atoms with Gasteiger partial charge in [-0.2, -0.15) is 0 Å². The number of benzene rings is 3. The number of imidazole rings is 1. The molecule has 4 rings (SSSR count). The molecule has 0 saturated carbocycles. The third-order valence-corrected chi connectivity index (χ3v) is 4.96. The van der Waals surface area contributed by atoms with Crippen molar-refractivity contribution in [3.05, 3.63) is 101 Å². The molecule has 3 nitrogen and oxygen atoms in total. The Kier molecular flexibility index (Phi) is 4.09. The highest BCUT2D eigenvalue weighted by Crippen LogP contribution is 2.37. The quantitative estimate of drug-likeness (QED) is 0.586. The van der Waals surface area contributed by atoms with E-state index in [0.29, 0.717) is 5.82 Å². The van der Waals surface area contributed by atoms with Gasteiger partial charge in [0.2, 0.25) is 0 Å². The van der Waals surface area contributed by atoms with Crippen LogP contribution in [-0.4, -0.2) is 14.7 Å². The third-order valence-electron chi connectivity index (χ3n) is 4.96. The van der Waals surface area contributed by atoms with Crippen LogP contribution in [0.3, 0.4) is 0 Å². The number of fused-ring (bicyclic) bond motifs is 1. The van der Waals surface area contributed by atoms with Gasteiger partial charge < -0.3 is 9.67 Å². The number of nitrogens with zero attached hydrogens (tertiary/aromatic N) is 2. The van der Waals surface area contributed by atoms with Gasteiger partial charge in [-0.15, -0.1) is 0 Å². The average Bonchev–Trinajstić information content (AvgIpc) is 3.07. The zero-order chi connectivity index (χ0) is 18.1. The van der Waals surface area contributed by atoms with Gasteiger partial charge in [0.1, 0.15) is 0 Å². The molecular formula is C23H22N2O. The fourth-order valence-electron chi connectivity index (χ4n) is 3.57. The molecule has 0 unspecified atom stereocenters. The second kappa shape index (κ2) is 6.43. The number of aryl methyl sites for hydroxylation is 2. The van der Waals surface area contributed by atoms with E-state index in [-0.39, 0.29) is 0 Å². The number of para-hydroxylation sites is 2. The Morgan fingerprint density at radius 3 is 2.15 bits per heavy atom. The van der Waals surface area contributed by atoms with Crippen LogP contribution >= 0.6 is 0 Å². The minimum Gasteiger partial charge on any atom is -0.373 e. The number of hydrogen-bond donors (Lipinski definition) is 1. The molecule has 0 spiro atoms. The SMILES string of the molecule is CCn1c([C@](O)(c2ccccc2)c2ccc(C)cc2)nc2ccccc21. The van der Waals surface area contributed by atoms with Crippen LogP contribution in [-0.2, 0) is 12.1 Å². The van der Waals surface area contributed by atoms with Gasteiger partial charge in [-0.25, -0.2) is 4.98 Å². The molecule has 26 heavy (non-hydrogen) atoms. The Morgan fingerprint density at radius 2 is 1.46 bits per heavy atom. The summed E-state index contributed by atoms with van der Waals surface area (Å²) in [5, 5.41) is 12.0. The van der Waals surface area contributed by atoms with Gasteiger partial charge in [0, 0.05) is 6.54 Å². The molecule has 1 atom stereocenters. The highest BCUT2D eigenvalue weighted by atomic mass is 16.3. The van der Waals surface area contributed by atoms with E-state index in [2.05, 4.69) is 17.6 Å². The van der Waals surface area contributed by atoms with Gasteiger partial charge in [-0.3, -0.25) is 0 Å². The van der Waals surface area contributed by atoms with Crippen molar-refractivity contribution in [1.29, 1.82) is 0 Å². The zero-order valence-electron chi connectivity index (χ0n) is 15.1. The molecule has 0 fully saturated rings. The molecule has 0 bridgehead atoms. The van der Waals surface area contributed by atoms with E-state index in [1.165, 1.54) is 0 Å². The first kappa shape index (κ1) is 16.6. The van der Waals surface area contributed by atoms with Crippen LogP contribution in [0.1, 0.15) is 29.4 Å². The Balaban J connectivity index is 2.05. The molecule has 0 aliphatic rings. The second-order valence-corrected chi connectivity index (χ2v) is 6.61. The van der Waals surface area contributed by atoms with Gasteiger partial charge in [-0.05, 0) is 37.1 Å². The van der Waals surface area contributed by atoms with Crippen LogP contribution in [0.15, 0.2) is 78.9 Å². The number of rotatable bonds is 4. The lowest BCUT2D eigenvalue weighted by Crippen LogP contribution is -2.32. The number of aromatic nitrogens is 2. The minimum atomic E-state index is -1.32. The molecular weight excluding hydrogens is 320 g/mol. The molecule has 3 aromatic carbocycles.